The van der Waals surface area contributed by atoms with Gasteiger partial charge in [0.1, 0.15) is 0 Å². The van der Waals surface area contributed by atoms with Gasteiger partial charge in [-0.3, -0.25) is 9.69 Å². The summed E-state index contributed by atoms with van der Waals surface area (Å²) in [5, 5.41) is 12.7. The second-order valence-corrected chi connectivity index (χ2v) is 6.56. The number of amides is 1. The largest absolute Gasteiger partial charge is 0.393 e. The van der Waals surface area contributed by atoms with E-state index >= 15 is 0 Å². The second-order valence-electron chi connectivity index (χ2n) is 5.71. The van der Waals surface area contributed by atoms with Gasteiger partial charge in [0.2, 0.25) is 5.91 Å². The van der Waals surface area contributed by atoms with Crippen LogP contribution in [0.25, 0.3) is 0 Å². The van der Waals surface area contributed by atoms with Gasteiger partial charge in [-0.2, -0.15) is 0 Å². The van der Waals surface area contributed by atoms with Gasteiger partial charge in [-0.05, 0) is 53.7 Å². The molecule has 2 unspecified atom stereocenters. The number of hydrogen-bond acceptors (Lipinski definition) is 3. The van der Waals surface area contributed by atoms with Crippen LogP contribution in [0.15, 0.2) is 28.7 Å². The maximum absolute atomic E-state index is 12.2. The van der Waals surface area contributed by atoms with Crippen molar-refractivity contribution >= 4 is 27.5 Å². The molecule has 2 N–H and O–H groups in total. The minimum atomic E-state index is -0.185. The van der Waals surface area contributed by atoms with E-state index in [0.29, 0.717) is 18.6 Å². The van der Waals surface area contributed by atoms with E-state index < -0.39 is 0 Å². The summed E-state index contributed by atoms with van der Waals surface area (Å²) in [7, 11) is 0. The first kappa shape index (κ1) is 14.0. The number of para-hydroxylation sites is 1. The monoisotopic (exact) mass is 338 g/mol. The highest BCUT2D eigenvalue weighted by molar-refractivity contribution is 9.10. The van der Waals surface area contributed by atoms with Gasteiger partial charge < -0.3 is 10.4 Å². The Morgan fingerprint density at radius 2 is 1.95 bits per heavy atom. The smallest absolute Gasteiger partial charge is 0.238 e. The van der Waals surface area contributed by atoms with Crippen LogP contribution in [-0.4, -0.2) is 40.6 Å². The van der Waals surface area contributed by atoms with Gasteiger partial charge in [0.05, 0.1) is 18.3 Å². The lowest BCUT2D eigenvalue weighted by atomic mass is 10.00. The number of anilines is 1. The molecule has 1 aromatic carbocycles. The molecule has 0 saturated carbocycles. The van der Waals surface area contributed by atoms with Crippen molar-refractivity contribution < 1.29 is 9.90 Å². The number of halogens is 1. The van der Waals surface area contributed by atoms with Crippen molar-refractivity contribution in [2.45, 2.75) is 43.9 Å². The van der Waals surface area contributed by atoms with Crippen molar-refractivity contribution in [1.29, 1.82) is 0 Å². The lowest BCUT2D eigenvalue weighted by molar-refractivity contribution is -0.119. The van der Waals surface area contributed by atoms with E-state index in [9.17, 15) is 9.90 Å². The van der Waals surface area contributed by atoms with Crippen molar-refractivity contribution in [3.63, 3.8) is 0 Å². The van der Waals surface area contributed by atoms with Crippen LogP contribution in [0.3, 0.4) is 0 Å². The highest BCUT2D eigenvalue weighted by atomic mass is 79.9. The number of rotatable bonds is 3. The van der Waals surface area contributed by atoms with Gasteiger partial charge in [-0.1, -0.05) is 12.1 Å². The Balaban J connectivity index is 1.61. The van der Waals surface area contributed by atoms with E-state index in [1.165, 1.54) is 0 Å². The molecule has 2 heterocycles. The van der Waals surface area contributed by atoms with Crippen LogP contribution in [0.4, 0.5) is 5.69 Å². The van der Waals surface area contributed by atoms with Gasteiger partial charge in [0.25, 0.3) is 0 Å². The van der Waals surface area contributed by atoms with E-state index in [4.69, 9.17) is 0 Å². The Kier molecular flexibility index (Phi) is 4.10. The van der Waals surface area contributed by atoms with Crippen molar-refractivity contribution in [1.82, 2.24) is 4.90 Å². The number of carbonyl (C=O) groups excluding carboxylic acids is 1. The Morgan fingerprint density at radius 3 is 2.60 bits per heavy atom. The quantitative estimate of drug-likeness (QED) is 0.889. The van der Waals surface area contributed by atoms with Crippen molar-refractivity contribution in [3.8, 4) is 0 Å². The van der Waals surface area contributed by atoms with Gasteiger partial charge in [-0.25, -0.2) is 0 Å². The van der Waals surface area contributed by atoms with Gasteiger partial charge in [0, 0.05) is 16.6 Å². The van der Waals surface area contributed by atoms with Gasteiger partial charge in [0.15, 0.2) is 0 Å². The van der Waals surface area contributed by atoms with Crippen molar-refractivity contribution in [2.75, 3.05) is 11.9 Å². The number of hydrogen-bond donors (Lipinski definition) is 2. The average Bonchev–Trinajstić information content (AvgIpc) is 2.65. The maximum atomic E-state index is 12.2. The number of fused-ring (bicyclic) bond motifs is 2. The molecule has 1 aromatic rings. The fraction of sp³-hybridized carbons (Fsp3) is 0.533. The molecular weight excluding hydrogens is 320 g/mol. The van der Waals surface area contributed by atoms with Gasteiger partial charge in [-0.15, -0.1) is 0 Å². The summed E-state index contributed by atoms with van der Waals surface area (Å²) in [5.74, 6) is 0.0187. The van der Waals surface area contributed by atoms with E-state index in [1.54, 1.807) is 0 Å². The SMILES string of the molecule is O=C(CN1C2CCC1CC(O)C2)Nc1ccccc1Br. The third kappa shape index (κ3) is 2.90. The van der Waals surface area contributed by atoms with Crippen LogP contribution in [0, 0.1) is 0 Å². The van der Waals surface area contributed by atoms with Crippen LogP contribution in [0.1, 0.15) is 25.7 Å². The predicted molar refractivity (Wildman–Crippen MR) is 81.5 cm³/mol. The first-order valence-corrected chi connectivity index (χ1v) is 7.91. The summed E-state index contributed by atoms with van der Waals surface area (Å²) in [5.41, 5.74) is 0.807. The lowest BCUT2D eigenvalue weighted by Gasteiger charge is -2.36. The molecule has 20 heavy (non-hydrogen) atoms. The molecule has 0 aromatic heterocycles. The molecule has 2 atom stereocenters. The van der Waals surface area contributed by atoms with Crippen LogP contribution >= 0.6 is 15.9 Å². The summed E-state index contributed by atoms with van der Waals surface area (Å²) in [6, 6.07) is 8.36. The zero-order chi connectivity index (χ0) is 14.1. The molecule has 0 aliphatic carbocycles. The predicted octanol–water partition coefficient (Wildman–Crippen LogP) is 2.38. The molecule has 1 amide bonds. The van der Waals surface area contributed by atoms with Crippen molar-refractivity contribution in [2.24, 2.45) is 0 Å². The Labute approximate surface area is 127 Å². The normalized spacial score (nSPS) is 29.4. The molecule has 0 spiro atoms. The summed E-state index contributed by atoms with van der Waals surface area (Å²) in [6.07, 6.45) is 3.63. The molecule has 2 aliphatic heterocycles. The fourth-order valence-electron chi connectivity index (χ4n) is 3.42. The highest BCUT2D eigenvalue weighted by Gasteiger charge is 2.40. The summed E-state index contributed by atoms with van der Waals surface area (Å²) in [4.78, 5) is 14.5. The standard InChI is InChI=1S/C15H19BrN2O2/c16-13-3-1-2-4-14(13)17-15(20)9-18-10-5-6-11(18)8-12(19)7-10/h1-4,10-12,19H,5-9H2,(H,17,20). The molecule has 4 nitrogen and oxygen atoms in total. The Hall–Kier alpha value is -0.910. The van der Waals surface area contributed by atoms with Gasteiger partial charge >= 0.3 is 0 Å². The minimum Gasteiger partial charge on any atom is -0.393 e. The first-order valence-electron chi connectivity index (χ1n) is 7.11. The summed E-state index contributed by atoms with van der Waals surface area (Å²) in [6.45, 7) is 0.420. The van der Waals surface area contributed by atoms with E-state index in [2.05, 4.69) is 26.1 Å². The van der Waals surface area contributed by atoms with E-state index in [0.717, 1.165) is 35.8 Å². The molecule has 0 radical (unpaired) electrons. The third-order valence-electron chi connectivity index (χ3n) is 4.33. The summed E-state index contributed by atoms with van der Waals surface area (Å²) >= 11 is 3.43. The van der Waals surface area contributed by atoms with E-state index in [-0.39, 0.29) is 12.0 Å². The molecule has 5 heteroatoms. The second kappa shape index (κ2) is 5.84. The number of nitrogens with zero attached hydrogens (tertiary/aromatic N) is 1. The molecule has 2 saturated heterocycles. The topological polar surface area (TPSA) is 52.6 Å². The number of aliphatic hydroxyl groups is 1. The number of piperidine rings is 1. The maximum Gasteiger partial charge on any atom is 0.238 e. The summed E-state index contributed by atoms with van der Waals surface area (Å²) < 4.78 is 0.894. The number of benzene rings is 1. The lowest BCUT2D eigenvalue weighted by Crippen LogP contribution is -2.47. The zero-order valence-electron chi connectivity index (χ0n) is 11.3. The van der Waals surface area contributed by atoms with Crippen molar-refractivity contribution in [3.05, 3.63) is 28.7 Å². The molecule has 2 bridgehead atoms. The number of aliphatic hydroxyl groups excluding tert-OH is 1. The third-order valence-corrected chi connectivity index (χ3v) is 5.03. The molecular formula is C15H19BrN2O2. The minimum absolute atomic E-state index is 0.0187. The number of carbonyl (C=O) groups is 1. The van der Waals surface area contributed by atoms with Crippen LogP contribution in [0.5, 0.6) is 0 Å². The van der Waals surface area contributed by atoms with Crippen LogP contribution < -0.4 is 5.32 Å². The molecule has 2 fully saturated rings. The number of nitrogens with one attached hydrogen (secondary N) is 1. The zero-order valence-corrected chi connectivity index (χ0v) is 12.8. The molecule has 108 valence electrons. The Bertz CT molecular complexity index is 494. The Morgan fingerprint density at radius 1 is 1.30 bits per heavy atom. The van der Waals surface area contributed by atoms with Crippen LogP contribution in [0.2, 0.25) is 0 Å². The average molecular weight is 339 g/mol. The van der Waals surface area contributed by atoms with Crippen LogP contribution in [-0.2, 0) is 4.79 Å². The van der Waals surface area contributed by atoms with E-state index in [1.807, 2.05) is 24.3 Å². The molecule has 2 aliphatic rings. The highest BCUT2D eigenvalue weighted by Crippen LogP contribution is 2.35. The first-order chi connectivity index (χ1) is 9.63. The fourth-order valence-corrected chi connectivity index (χ4v) is 3.81. The molecule has 3 rings (SSSR count).